The predicted octanol–water partition coefficient (Wildman–Crippen LogP) is 2.61. The number of aromatic nitrogens is 2. The highest BCUT2D eigenvalue weighted by Crippen LogP contribution is 2.17. The van der Waals surface area contributed by atoms with Gasteiger partial charge in [-0.2, -0.15) is 0 Å². The highest BCUT2D eigenvalue weighted by molar-refractivity contribution is 7.13. The summed E-state index contributed by atoms with van der Waals surface area (Å²) in [6, 6.07) is 5.64. The maximum atomic E-state index is 11.9. The van der Waals surface area contributed by atoms with Crippen LogP contribution in [0.4, 0.5) is 10.9 Å². The van der Waals surface area contributed by atoms with Crippen LogP contribution in [0.1, 0.15) is 24.3 Å². The van der Waals surface area contributed by atoms with Crippen molar-refractivity contribution in [2.75, 3.05) is 10.6 Å². The monoisotopic (exact) mass is 262 g/mol. The van der Waals surface area contributed by atoms with Gasteiger partial charge in [0.25, 0.3) is 5.91 Å². The average Bonchev–Trinajstić information content (AvgIpc) is 2.78. The first kappa shape index (κ1) is 12.5. The van der Waals surface area contributed by atoms with E-state index < -0.39 is 0 Å². The summed E-state index contributed by atoms with van der Waals surface area (Å²) in [6.07, 6.45) is 1.63. The third kappa shape index (κ3) is 3.27. The Kier molecular flexibility index (Phi) is 3.88. The number of nitrogens with one attached hydrogen (secondary N) is 2. The van der Waals surface area contributed by atoms with E-state index in [2.05, 4.69) is 20.6 Å². The number of rotatable bonds is 4. The summed E-state index contributed by atoms with van der Waals surface area (Å²) in [5.41, 5.74) is 0.397. The van der Waals surface area contributed by atoms with E-state index in [0.717, 1.165) is 5.13 Å². The van der Waals surface area contributed by atoms with E-state index in [1.54, 1.807) is 23.7 Å². The highest BCUT2D eigenvalue weighted by atomic mass is 32.1. The van der Waals surface area contributed by atoms with Gasteiger partial charge in [-0.05, 0) is 26.0 Å². The first-order chi connectivity index (χ1) is 8.65. The Morgan fingerprint density at radius 2 is 2.22 bits per heavy atom. The largest absolute Gasteiger partial charge is 0.359 e. The Morgan fingerprint density at radius 3 is 2.89 bits per heavy atom. The molecule has 0 aromatic carbocycles. The Morgan fingerprint density at radius 1 is 1.39 bits per heavy atom. The summed E-state index contributed by atoms with van der Waals surface area (Å²) >= 11 is 1.41. The van der Waals surface area contributed by atoms with E-state index >= 15 is 0 Å². The Balaban J connectivity index is 2.03. The van der Waals surface area contributed by atoms with E-state index in [9.17, 15) is 4.79 Å². The van der Waals surface area contributed by atoms with E-state index in [-0.39, 0.29) is 5.91 Å². The summed E-state index contributed by atoms with van der Waals surface area (Å²) < 4.78 is 0. The predicted molar refractivity (Wildman–Crippen MR) is 73.1 cm³/mol. The molecule has 0 aliphatic rings. The molecule has 2 N–H and O–H groups in total. The minimum atomic E-state index is -0.248. The second-order valence-electron chi connectivity index (χ2n) is 4.01. The van der Waals surface area contributed by atoms with Crippen molar-refractivity contribution < 1.29 is 4.79 Å². The number of thiazole rings is 1. The van der Waals surface area contributed by atoms with Crippen molar-refractivity contribution in [3.05, 3.63) is 35.5 Å². The molecule has 5 nitrogen and oxygen atoms in total. The first-order valence-corrected chi connectivity index (χ1v) is 6.47. The Bertz CT molecular complexity index is 524. The van der Waals surface area contributed by atoms with Crippen LogP contribution in [0.2, 0.25) is 0 Å². The van der Waals surface area contributed by atoms with Crippen LogP contribution < -0.4 is 10.6 Å². The smallest absolute Gasteiger partial charge is 0.276 e. The molecular weight excluding hydrogens is 248 g/mol. The van der Waals surface area contributed by atoms with Gasteiger partial charge in [-0.25, -0.2) is 9.97 Å². The number of hydrogen-bond donors (Lipinski definition) is 2. The second kappa shape index (κ2) is 5.59. The number of hydrogen-bond acceptors (Lipinski definition) is 5. The molecular formula is C12H14N4OS. The third-order valence-electron chi connectivity index (χ3n) is 2.06. The van der Waals surface area contributed by atoms with Crippen LogP contribution in [0.3, 0.4) is 0 Å². The average molecular weight is 262 g/mol. The van der Waals surface area contributed by atoms with Crippen molar-refractivity contribution in [2.45, 2.75) is 19.9 Å². The van der Waals surface area contributed by atoms with Crippen LogP contribution in [-0.4, -0.2) is 21.9 Å². The van der Waals surface area contributed by atoms with Gasteiger partial charge >= 0.3 is 0 Å². The van der Waals surface area contributed by atoms with Crippen molar-refractivity contribution in [3.63, 3.8) is 0 Å². The van der Waals surface area contributed by atoms with Crippen molar-refractivity contribution in [1.29, 1.82) is 0 Å². The van der Waals surface area contributed by atoms with Gasteiger partial charge in [0.1, 0.15) is 11.5 Å². The minimum Gasteiger partial charge on any atom is -0.359 e. The normalized spacial score (nSPS) is 10.4. The number of amides is 1. The molecule has 0 saturated carbocycles. The lowest BCUT2D eigenvalue weighted by molar-refractivity contribution is 0.102. The number of pyridine rings is 1. The summed E-state index contributed by atoms with van der Waals surface area (Å²) in [4.78, 5) is 20.1. The molecule has 18 heavy (non-hydrogen) atoms. The molecule has 6 heteroatoms. The van der Waals surface area contributed by atoms with E-state index in [4.69, 9.17) is 0 Å². The molecule has 0 bridgehead atoms. The fourth-order valence-corrected chi connectivity index (χ4v) is 2.15. The quantitative estimate of drug-likeness (QED) is 0.888. The summed E-state index contributed by atoms with van der Waals surface area (Å²) in [7, 11) is 0. The molecule has 0 radical (unpaired) electrons. The van der Waals surface area contributed by atoms with Gasteiger partial charge in [-0.1, -0.05) is 6.07 Å². The topological polar surface area (TPSA) is 66.9 Å². The lowest BCUT2D eigenvalue weighted by atomic mass is 10.4. The summed E-state index contributed by atoms with van der Waals surface area (Å²) in [5, 5.41) is 8.32. The minimum absolute atomic E-state index is 0.248. The van der Waals surface area contributed by atoms with Crippen LogP contribution in [0.5, 0.6) is 0 Å². The molecule has 0 aliphatic carbocycles. The molecule has 0 fully saturated rings. The lowest BCUT2D eigenvalue weighted by Crippen LogP contribution is -2.14. The fraction of sp³-hybridized carbons (Fsp3) is 0.250. The summed E-state index contributed by atoms with van der Waals surface area (Å²) in [5.74, 6) is 0.274. The second-order valence-corrected chi connectivity index (χ2v) is 4.86. The molecule has 0 atom stereocenters. The zero-order chi connectivity index (χ0) is 13.0. The van der Waals surface area contributed by atoms with Crippen LogP contribution >= 0.6 is 11.3 Å². The van der Waals surface area contributed by atoms with Crippen molar-refractivity contribution in [1.82, 2.24) is 9.97 Å². The number of carbonyl (C=O) groups is 1. The SMILES string of the molecule is CC(C)Nc1nc(C(=O)Nc2ccccn2)cs1. The molecule has 0 saturated heterocycles. The Labute approximate surface area is 109 Å². The number of anilines is 2. The molecule has 2 heterocycles. The molecule has 0 aliphatic heterocycles. The van der Waals surface area contributed by atoms with E-state index in [0.29, 0.717) is 17.6 Å². The molecule has 94 valence electrons. The zero-order valence-electron chi connectivity index (χ0n) is 10.2. The van der Waals surface area contributed by atoms with E-state index in [1.165, 1.54) is 11.3 Å². The maximum Gasteiger partial charge on any atom is 0.276 e. The first-order valence-electron chi connectivity index (χ1n) is 5.59. The van der Waals surface area contributed by atoms with Crippen LogP contribution in [0, 0.1) is 0 Å². The van der Waals surface area contributed by atoms with Crippen molar-refractivity contribution in [3.8, 4) is 0 Å². The lowest BCUT2D eigenvalue weighted by Gasteiger charge is -2.04. The fourth-order valence-electron chi connectivity index (χ4n) is 1.31. The molecule has 1 amide bonds. The maximum absolute atomic E-state index is 11.9. The highest BCUT2D eigenvalue weighted by Gasteiger charge is 2.11. The van der Waals surface area contributed by atoms with Crippen molar-refractivity contribution in [2.24, 2.45) is 0 Å². The number of carbonyl (C=O) groups excluding carboxylic acids is 1. The standard InChI is InChI=1S/C12H14N4OS/c1-8(2)14-12-15-9(7-18-12)11(17)16-10-5-3-4-6-13-10/h3-8H,1-2H3,(H,14,15)(H,13,16,17). The van der Waals surface area contributed by atoms with Crippen LogP contribution in [0.15, 0.2) is 29.8 Å². The van der Waals surface area contributed by atoms with Crippen molar-refractivity contribution >= 4 is 28.2 Å². The van der Waals surface area contributed by atoms with Crippen LogP contribution in [-0.2, 0) is 0 Å². The van der Waals surface area contributed by atoms with Gasteiger partial charge in [-0.15, -0.1) is 11.3 Å². The van der Waals surface area contributed by atoms with E-state index in [1.807, 2.05) is 19.9 Å². The number of nitrogens with zero attached hydrogens (tertiary/aromatic N) is 2. The van der Waals surface area contributed by atoms with Crippen LogP contribution in [0.25, 0.3) is 0 Å². The molecule has 2 aromatic rings. The van der Waals surface area contributed by atoms with Gasteiger partial charge in [0.2, 0.25) is 0 Å². The third-order valence-corrected chi connectivity index (χ3v) is 2.83. The molecule has 0 spiro atoms. The van der Waals surface area contributed by atoms with Gasteiger partial charge in [-0.3, -0.25) is 4.79 Å². The molecule has 0 unspecified atom stereocenters. The molecule has 2 aromatic heterocycles. The zero-order valence-corrected chi connectivity index (χ0v) is 11.0. The van der Waals surface area contributed by atoms with Gasteiger partial charge < -0.3 is 10.6 Å². The van der Waals surface area contributed by atoms with Gasteiger partial charge in [0.15, 0.2) is 5.13 Å². The van der Waals surface area contributed by atoms with Gasteiger partial charge in [0, 0.05) is 17.6 Å². The Hall–Kier alpha value is -1.95. The molecule has 2 rings (SSSR count). The van der Waals surface area contributed by atoms with Gasteiger partial charge in [0.05, 0.1) is 0 Å². The summed E-state index contributed by atoms with van der Waals surface area (Å²) in [6.45, 7) is 4.05.